The molecule has 0 spiro atoms. The Morgan fingerprint density at radius 1 is 0.964 bits per heavy atom. The molecule has 0 aliphatic carbocycles. The predicted molar refractivity (Wildman–Crippen MR) is 110 cm³/mol. The van der Waals surface area contributed by atoms with E-state index in [2.05, 4.69) is 11.1 Å². The first kappa shape index (κ1) is 18.0. The standard InChI is InChI=1S/C22H22N4O2/c1-4-25-21(27)19-20(26(22(25)28)18-10-8-15(2)9-11-18)23-14-24(19)13-17-7-5-6-16(3)12-17/h5-12,14H,4,13H2,1-3H3. The van der Waals surface area contributed by atoms with Crippen molar-refractivity contribution in [3.05, 3.63) is 92.4 Å². The van der Waals surface area contributed by atoms with Gasteiger partial charge in [-0.2, -0.15) is 0 Å². The molecule has 2 aromatic carbocycles. The lowest BCUT2D eigenvalue weighted by molar-refractivity contribution is 0.655. The van der Waals surface area contributed by atoms with Crippen LogP contribution in [0.15, 0.2) is 64.4 Å². The molecule has 0 saturated heterocycles. The molecular weight excluding hydrogens is 352 g/mol. The molecule has 0 unspecified atom stereocenters. The monoisotopic (exact) mass is 374 g/mol. The minimum absolute atomic E-state index is 0.301. The van der Waals surface area contributed by atoms with Crippen LogP contribution in [0.5, 0.6) is 0 Å². The number of nitrogens with zero attached hydrogens (tertiary/aromatic N) is 4. The van der Waals surface area contributed by atoms with Crippen molar-refractivity contribution < 1.29 is 0 Å². The highest BCUT2D eigenvalue weighted by Crippen LogP contribution is 2.15. The molecule has 6 nitrogen and oxygen atoms in total. The van der Waals surface area contributed by atoms with Gasteiger partial charge >= 0.3 is 5.69 Å². The zero-order chi connectivity index (χ0) is 19.8. The summed E-state index contributed by atoms with van der Waals surface area (Å²) in [7, 11) is 0. The van der Waals surface area contributed by atoms with E-state index >= 15 is 0 Å². The molecule has 4 aromatic rings. The van der Waals surface area contributed by atoms with E-state index in [1.165, 1.54) is 9.13 Å². The summed E-state index contributed by atoms with van der Waals surface area (Å²) < 4.78 is 4.60. The number of benzene rings is 2. The van der Waals surface area contributed by atoms with Gasteiger partial charge in [-0.3, -0.25) is 9.36 Å². The highest BCUT2D eigenvalue weighted by Gasteiger charge is 2.18. The Bertz CT molecular complexity index is 1280. The third-order valence-corrected chi connectivity index (χ3v) is 4.94. The van der Waals surface area contributed by atoms with E-state index in [4.69, 9.17) is 0 Å². The third kappa shape index (κ3) is 2.97. The molecule has 28 heavy (non-hydrogen) atoms. The molecule has 6 heteroatoms. The highest BCUT2D eigenvalue weighted by atomic mass is 16.2. The molecule has 142 valence electrons. The van der Waals surface area contributed by atoms with Crippen molar-refractivity contribution in [2.45, 2.75) is 33.9 Å². The van der Waals surface area contributed by atoms with Crippen molar-refractivity contribution in [3.8, 4) is 5.69 Å². The van der Waals surface area contributed by atoms with Crippen molar-refractivity contribution in [3.63, 3.8) is 0 Å². The molecule has 0 radical (unpaired) electrons. The Hall–Kier alpha value is -3.41. The van der Waals surface area contributed by atoms with Gasteiger partial charge in [-0.1, -0.05) is 47.5 Å². The summed E-state index contributed by atoms with van der Waals surface area (Å²) in [6.45, 7) is 6.65. The van der Waals surface area contributed by atoms with E-state index in [1.54, 1.807) is 13.3 Å². The highest BCUT2D eigenvalue weighted by molar-refractivity contribution is 5.72. The van der Waals surface area contributed by atoms with Gasteiger partial charge in [0.25, 0.3) is 5.56 Å². The minimum Gasteiger partial charge on any atom is -0.320 e. The first-order valence-electron chi connectivity index (χ1n) is 9.33. The number of imidazole rings is 1. The van der Waals surface area contributed by atoms with Gasteiger partial charge in [0, 0.05) is 13.1 Å². The summed E-state index contributed by atoms with van der Waals surface area (Å²) in [6.07, 6.45) is 1.64. The molecule has 0 saturated carbocycles. The normalized spacial score (nSPS) is 11.2. The van der Waals surface area contributed by atoms with Gasteiger partial charge < -0.3 is 4.57 Å². The summed E-state index contributed by atoms with van der Waals surface area (Å²) in [4.78, 5) is 30.5. The van der Waals surface area contributed by atoms with E-state index in [-0.39, 0.29) is 11.2 Å². The summed E-state index contributed by atoms with van der Waals surface area (Å²) in [5.74, 6) is 0. The van der Waals surface area contributed by atoms with Crippen LogP contribution in [0.25, 0.3) is 16.9 Å². The molecule has 4 rings (SSSR count). The average molecular weight is 374 g/mol. The first-order chi connectivity index (χ1) is 13.5. The lowest BCUT2D eigenvalue weighted by Gasteiger charge is -2.12. The number of fused-ring (bicyclic) bond motifs is 1. The molecule has 2 aromatic heterocycles. The minimum atomic E-state index is -0.371. The lowest BCUT2D eigenvalue weighted by Crippen LogP contribution is -2.39. The predicted octanol–water partition coefficient (Wildman–Crippen LogP) is 3.03. The van der Waals surface area contributed by atoms with Crippen LogP contribution in [0.2, 0.25) is 0 Å². The maximum Gasteiger partial charge on any atom is 0.337 e. The lowest BCUT2D eigenvalue weighted by atomic mass is 10.1. The molecule has 0 aliphatic heterocycles. The Morgan fingerprint density at radius 3 is 2.39 bits per heavy atom. The van der Waals surface area contributed by atoms with Gasteiger partial charge in [0.2, 0.25) is 0 Å². The summed E-state index contributed by atoms with van der Waals surface area (Å²) >= 11 is 0. The van der Waals surface area contributed by atoms with Gasteiger partial charge in [-0.15, -0.1) is 0 Å². The van der Waals surface area contributed by atoms with Crippen molar-refractivity contribution in [2.24, 2.45) is 0 Å². The Balaban J connectivity index is 1.98. The number of aryl methyl sites for hydroxylation is 2. The number of hydrogen-bond acceptors (Lipinski definition) is 3. The van der Waals surface area contributed by atoms with Crippen molar-refractivity contribution >= 4 is 11.2 Å². The third-order valence-electron chi connectivity index (χ3n) is 4.94. The fourth-order valence-corrected chi connectivity index (χ4v) is 3.51. The Kier molecular flexibility index (Phi) is 4.47. The largest absolute Gasteiger partial charge is 0.337 e. The topological polar surface area (TPSA) is 61.8 Å². The van der Waals surface area contributed by atoms with Crippen LogP contribution in [0.1, 0.15) is 23.6 Å². The first-order valence-corrected chi connectivity index (χ1v) is 9.33. The van der Waals surface area contributed by atoms with E-state index < -0.39 is 0 Å². The maximum atomic E-state index is 13.0. The van der Waals surface area contributed by atoms with Gasteiger partial charge in [-0.25, -0.2) is 14.3 Å². The molecular formula is C22H22N4O2. The van der Waals surface area contributed by atoms with E-state index in [0.717, 1.165) is 16.7 Å². The quantitative estimate of drug-likeness (QED) is 0.552. The second-order valence-electron chi connectivity index (χ2n) is 7.04. The maximum absolute atomic E-state index is 13.0. The summed E-state index contributed by atoms with van der Waals surface area (Å²) in [5, 5.41) is 0. The zero-order valence-corrected chi connectivity index (χ0v) is 16.2. The average Bonchev–Trinajstić information content (AvgIpc) is 3.07. The fraction of sp³-hybridized carbons (Fsp3) is 0.227. The number of aromatic nitrogens is 4. The molecule has 2 heterocycles. The van der Waals surface area contributed by atoms with E-state index in [0.29, 0.717) is 29.9 Å². The van der Waals surface area contributed by atoms with Gasteiger partial charge in [0.1, 0.15) is 0 Å². The fourth-order valence-electron chi connectivity index (χ4n) is 3.51. The number of rotatable bonds is 4. The molecule has 0 amide bonds. The summed E-state index contributed by atoms with van der Waals surface area (Å²) in [6, 6.07) is 15.8. The van der Waals surface area contributed by atoms with Crippen LogP contribution >= 0.6 is 0 Å². The smallest absolute Gasteiger partial charge is 0.320 e. The van der Waals surface area contributed by atoms with Crippen LogP contribution in [0.3, 0.4) is 0 Å². The SMILES string of the molecule is CCn1c(=O)c2c(ncn2Cc2cccc(C)c2)n(-c2ccc(C)cc2)c1=O. The van der Waals surface area contributed by atoms with Crippen molar-refractivity contribution in [1.82, 2.24) is 18.7 Å². The van der Waals surface area contributed by atoms with Crippen LogP contribution in [0, 0.1) is 13.8 Å². The molecule has 0 fully saturated rings. The Morgan fingerprint density at radius 2 is 1.71 bits per heavy atom. The van der Waals surface area contributed by atoms with Crippen LogP contribution in [-0.4, -0.2) is 18.7 Å². The zero-order valence-electron chi connectivity index (χ0n) is 16.2. The molecule has 0 bridgehead atoms. The van der Waals surface area contributed by atoms with E-state index in [9.17, 15) is 9.59 Å². The van der Waals surface area contributed by atoms with Crippen LogP contribution in [-0.2, 0) is 13.1 Å². The second kappa shape index (κ2) is 6.96. The van der Waals surface area contributed by atoms with Crippen molar-refractivity contribution in [2.75, 3.05) is 0 Å². The number of hydrogen-bond donors (Lipinski definition) is 0. The van der Waals surface area contributed by atoms with Crippen LogP contribution < -0.4 is 11.2 Å². The summed E-state index contributed by atoms with van der Waals surface area (Å²) in [5.41, 5.74) is 4.17. The van der Waals surface area contributed by atoms with E-state index in [1.807, 2.05) is 60.9 Å². The molecule has 0 atom stereocenters. The van der Waals surface area contributed by atoms with Gasteiger partial charge in [0.05, 0.1) is 12.0 Å². The molecule has 0 aliphatic rings. The molecule has 0 N–H and O–H groups in total. The van der Waals surface area contributed by atoms with Gasteiger partial charge in [-0.05, 0) is 38.5 Å². The van der Waals surface area contributed by atoms with Gasteiger partial charge in [0.15, 0.2) is 11.2 Å². The second-order valence-corrected chi connectivity index (χ2v) is 7.04. The van der Waals surface area contributed by atoms with Crippen molar-refractivity contribution in [1.29, 1.82) is 0 Å². The Labute approximate surface area is 162 Å². The van der Waals surface area contributed by atoms with Crippen LogP contribution in [0.4, 0.5) is 0 Å².